The molecule has 0 saturated heterocycles. The number of Topliss-reactive ketones (excluding diaryl/α,β-unsaturated/α-hetero) is 2. The predicted octanol–water partition coefficient (Wildman–Crippen LogP) is 7.35. The van der Waals surface area contributed by atoms with Crippen LogP contribution in [-0.4, -0.2) is 30.7 Å². The molecule has 2 aliphatic carbocycles. The molecule has 0 radical (unpaired) electrons. The van der Waals surface area contributed by atoms with Gasteiger partial charge in [0.1, 0.15) is 0 Å². The van der Waals surface area contributed by atoms with Crippen molar-refractivity contribution in [2.45, 2.75) is 80.1 Å². The summed E-state index contributed by atoms with van der Waals surface area (Å²) in [4.78, 5) is 40.2. The summed E-state index contributed by atoms with van der Waals surface area (Å²) in [5.41, 5.74) is 6.12. The van der Waals surface area contributed by atoms with Crippen LogP contribution in [0.1, 0.15) is 82.9 Å². The molecule has 0 unspecified atom stereocenters. The Morgan fingerprint density at radius 3 is 2.09 bits per heavy atom. The van der Waals surface area contributed by atoms with Crippen LogP contribution < -0.4 is 20.1 Å². The molecule has 0 atom stereocenters. The van der Waals surface area contributed by atoms with Crippen molar-refractivity contribution in [2.24, 2.45) is 10.8 Å². The molecule has 2 aromatic carbocycles. The van der Waals surface area contributed by atoms with E-state index in [9.17, 15) is 14.4 Å². The van der Waals surface area contributed by atoms with E-state index in [4.69, 9.17) is 21.1 Å². The molecule has 2 N–H and O–H groups in total. The minimum Gasteiger partial charge on any atom is -0.490 e. The lowest BCUT2D eigenvalue weighted by molar-refractivity contribution is -0.119. The highest BCUT2D eigenvalue weighted by Gasteiger charge is 2.46. The number of anilines is 1. The van der Waals surface area contributed by atoms with E-state index in [0.717, 1.165) is 22.5 Å². The second-order valence-corrected chi connectivity index (χ2v) is 14.0. The van der Waals surface area contributed by atoms with Crippen LogP contribution in [0.25, 0.3) is 0 Å². The second-order valence-electron chi connectivity index (χ2n) is 13.6. The zero-order valence-corrected chi connectivity index (χ0v) is 26.9. The topological polar surface area (TPSA) is 93.7 Å². The molecule has 0 saturated carbocycles. The largest absolute Gasteiger partial charge is 0.490 e. The number of rotatable bonds is 7. The second kappa shape index (κ2) is 11.5. The molecule has 1 heterocycles. The van der Waals surface area contributed by atoms with Gasteiger partial charge >= 0.3 is 0 Å². The number of dihydropyridines is 1. The lowest BCUT2D eigenvalue weighted by Gasteiger charge is -2.44. The van der Waals surface area contributed by atoms with Gasteiger partial charge in [-0.3, -0.25) is 14.4 Å². The Morgan fingerprint density at radius 1 is 0.930 bits per heavy atom. The molecular formula is C35H41ClN2O5. The maximum Gasteiger partial charge on any atom is 0.262 e. The summed E-state index contributed by atoms with van der Waals surface area (Å²) in [6.45, 7) is 14.2. The Bertz CT molecular complexity index is 1530. The molecule has 1 aliphatic heterocycles. The number of carbonyl (C=O) groups is 3. The molecule has 7 nitrogen and oxygen atoms in total. The van der Waals surface area contributed by atoms with E-state index in [1.807, 2.05) is 39.0 Å². The van der Waals surface area contributed by atoms with E-state index in [-0.39, 0.29) is 45.7 Å². The minimum atomic E-state index is -0.558. The van der Waals surface area contributed by atoms with Gasteiger partial charge in [0.15, 0.2) is 29.7 Å². The van der Waals surface area contributed by atoms with Crippen molar-refractivity contribution in [3.8, 4) is 11.5 Å². The summed E-state index contributed by atoms with van der Waals surface area (Å²) in [7, 11) is 0. The summed E-state index contributed by atoms with van der Waals surface area (Å²) in [6, 6.07) is 9.34. The summed E-state index contributed by atoms with van der Waals surface area (Å²) < 4.78 is 11.9. The van der Waals surface area contributed by atoms with Crippen LogP contribution in [0.5, 0.6) is 11.5 Å². The summed E-state index contributed by atoms with van der Waals surface area (Å²) >= 11 is 6.84. The van der Waals surface area contributed by atoms with Gasteiger partial charge < -0.3 is 20.1 Å². The van der Waals surface area contributed by atoms with Crippen molar-refractivity contribution in [3.63, 3.8) is 0 Å². The number of halogens is 1. The van der Waals surface area contributed by atoms with Crippen molar-refractivity contribution in [2.75, 3.05) is 18.5 Å². The quantitative estimate of drug-likeness (QED) is 0.343. The molecule has 2 aromatic rings. The lowest BCUT2D eigenvalue weighted by Crippen LogP contribution is -2.42. The number of benzene rings is 2. The van der Waals surface area contributed by atoms with E-state index in [2.05, 4.69) is 38.3 Å². The van der Waals surface area contributed by atoms with Crippen LogP contribution in [0, 0.1) is 24.7 Å². The molecule has 0 bridgehead atoms. The minimum absolute atomic E-state index is 0.0328. The fourth-order valence-electron chi connectivity index (χ4n) is 6.66. The smallest absolute Gasteiger partial charge is 0.262 e. The molecule has 3 aliphatic rings. The fourth-order valence-corrected chi connectivity index (χ4v) is 6.93. The number of nitrogens with one attached hydrogen (secondary N) is 2. The highest BCUT2D eigenvalue weighted by molar-refractivity contribution is 6.32. The normalized spacial score (nSPS) is 19.4. The molecular weight excluding hydrogens is 564 g/mol. The van der Waals surface area contributed by atoms with Crippen molar-refractivity contribution < 1.29 is 23.9 Å². The van der Waals surface area contributed by atoms with Gasteiger partial charge in [-0.25, -0.2) is 0 Å². The van der Waals surface area contributed by atoms with E-state index in [1.165, 1.54) is 0 Å². The highest BCUT2D eigenvalue weighted by atomic mass is 35.5. The van der Waals surface area contributed by atoms with Crippen LogP contribution in [0.4, 0.5) is 5.69 Å². The SMILES string of the molecule is CCOc1cc(C2C3=C(CC(C)(C)CC3=O)NC3=C2C(=O)CC(C)(C)C3)cc(Cl)c1OCC(=O)Nc1ccc(C)cc1C. The third-order valence-electron chi connectivity index (χ3n) is 8.39. The van der Waals surface area contributed by atoms with E-state index in [0.29, 0.717) is 60.4 Å². The fraction of sp³-hybridized carbons (Fsp3) is 0.457. The highest BCUT2D eigenvalue weighted by Crippen LogP contribution is 2.52. The summed E-state index contributed by atoms with van der Waals surface area (Å²) in [5.74, 6) is -0.219. The van der Waals surface area contributed by atoms with Gasteiger partial charge in [0.05, 0.1) is 11.6 Å². The van der Waals surface area contributed by atoms with Crippen LogP contribution >= 0.6 is 11.6 Å². The Labute approximate surface area is 259 Å². The number of hydrogen-bond acceptors (Lipinski definition) is 6. The number of ether oxygens (including phenoxy) is 2. The van der Waals surface area contributed by atoms with Crippen molar-refractivity contribution in [3.05, 3.63) is 74.6 Å². The zero-order chi connectivity index (χ0) is 31.3. The molecule has 1 amide bonds. The average molecular weight is 605 g/mol. The Hall–Kier alpha value is -3.58. The summed E-state index contributed by atoms with van der Waals surface area (Å²) in [6.07, 6.45) is 2.21. The maximum atomic E-state index is 13.7. The van der Waals surface area contributed by atoms with Crippen molar-refractivity contribution >= 4 is 34.8 Å². The molecule has 0 spiro atoms. The molecule has 0 aromatic heterocycles. The first-order chi connectivity index (χ1) is 20.2. The third-order valence-corrected chi connectivity index (χ3v) is 8.67. The van der Waals surface area contributed by atoms with Crippen LogP contribution in [0.3, 0.4) is 0 Å². The Balaban J connectivity index is 1.51. The van der Waals surface area contributed by atoms with E-state index in [1.54, 1.807) is 12.1 Å². The maximum absolute atomic E-state index is 13.7. The monoisotopic (exact) mass is 604 g/mol. The number of carbonyl (C=O) groups excluding carboxylic acids is 3. The van der Waals surface area contributed by atoms with Gasteiger partial charge in [-0.1, -0.05) is 57.0 Å². The predicted molar refractivity (Wildman–Crippen MR) is 169 cm³/mol. The van der Waals surface area contributed by atoms with Crippen LogP contribution in [-0.2, 0) is 14.4 Å². The first-order valence-electron chi connectivity index (χ1n) is 14.9. The number of allylic oxidation sites excluding steroid dienone is 4. The molecule has 0 fully saturated rings. The molecule has 5 rings (SSSR count). The first kappa shape index (κ1) is 30.9. The zero-order valence-electron chi connectivity index (χ0n) is 26.1. The van der Waals surface area contributed by atoms with Crippen molar-refractivity contribution in [1.82, 2.24) is 5.32 Å². The van der Waals surface area contributed by atoms with Gasteiger partial charge in [-0.05, 0) is 73.8 Å². The number of aryl methyl sites for hydroxylation is 2. The van der Waals surface area contributed by atoms with Gasteiger partial charge in [0.2, 0.25) is 0 Å². The number of amides is 1. The third kappa shape index (κ3) is 6.37. The number of ketones is 2. The average Bonchev–Trinajstić information content (AvgIpc) is 2.87. The standard InChI is InChI=1S/C35H41ClN2O5/c1-8-42-28-13-21(12-22(36)33(28)43-18-29(41)38-23-10-9-19(2)11-20(23)3)30-31-24(14-34(4,5)16-26(31)39)37-25-15-35(6,7)17-27(40)32(25)30/h9-13,30,37H,8,14-18H2,1-7H3,(H,38,41). The molecule has 43 heavy (non-hydrogen) atoms. The van der Waals surface area contributed by atoms with E-state index < -0.39 is 5.92 Å². The molecule has 8 heteroatoms. The van der Waals surface area contributed by atoms with E-state index >= 15 is 0 Å². The van der Waals surface area contributed by atoms with Gasteiger partial charge in [0, 0.05) is 47.0 Å². The molecule has 228 valence electrons. The van der Waals surface area contributed by atoms with Crippen molar-refractivity contribution in [1.29, 1.82) is 0 Å². The van der Waals surface area contributed by atoms with Gasteiger partial charge in [0.25, 0.3) is 5.91 Å². The first-order valence-corrected chi connectivity index (χ1v) is 15.3. The Morgan fingerprint density at radius 2 is 1.53 bits per heavy atom. The van der Waals surface area contributed by atoms with Crippen LogP contribution in [0.2, 0.25) is 5.02 Å². The van der Waals surface area contributed by atoms with Gasteiger partial charge in [-0.2, -0.15) is 0 Å². The number of hydrogen-bond donors (Lipinski definition) is 2. The van der Waals surface area contributed by atoms with Gasteiger partial charge in [-0.15, -0.1) is 0 Å². The lowest BCUT2D eigenvalue weighted by atomic mass is 9.64. The summed E-state index contributed by atoms with van der Waals surface area (Å²) in [5, 5.41) is 6.67. The van der Waals surface area contributed by atoms with Crippen LogP contribution in [0.15, 0.2) is 52.9 Å². The Kier molecular flexibility index (Phi) is 8.25.